The maximum atomic E-state index is 12.7. The second-order valence-electron chi connectivity index (χ2n) is 5.87. The number of rotatable bonds is 5. The summed E-state index contributed by atoms with van der Waals surface area (Å²) in [4.78, 5) is 21.6. The molecule has 0 N–H and O–H groups in total. The van der Waals surface area contributed by atoms with Gasteiger partial charge in [-0.3, -0.25) is 14.4 Å². The Morgan fingerprint density at radius 1 is 1.35 bits per heavy atom. The molecule has 1 atom stereocenters. The molecule has 1 aliphatic heterocycles. The molecule has 0 bridgehead atoms. The van der Waals surface area contributed by atoms with Crippen LogP contribution in [0.3, 0.4) is 0 Å². The van der Waals surface area contributed by atoms with Gasteiger partial charge in [0, 0.05) is 50.5 Å². The number of carbonyl (C=O) groups excluding carboxylic acids is 1. The number of carbonyl (C=O) groups is 1. The molecule has 0 spiro atoms. The molecule has 3 rings (SSSR count). The van der Waals surface area contributed by atoms with E-state index < -0.39 is 0 Å². The van der Waals surface area contributed by atoms with Crippen molar-refractivity contribution >= 4 is 17.2 Å². The van der Waals surface area contributed by atoms with Crippen LogP contribution in [0.1, 0.15) is 30.1 Å². The summed E-state index contributed by atoms with van der Waals surface area (Å²) < 4.78 is 1.77. The Bertz CT molecular complexity index is 631. The highest BCUT2D eigenvalue weighted by Crippen LogP contribution is 2.17. The third-order valence-corrected chi connectivity index (χ3v) is 5.07. The average Bonchev–Trinajstić information content (AvgIpc) is 3.21. The van der Waals surface area contributed by atoms with Crippen LogP contribution < -0.4 is 0 Å². The van der Waals surface area contributed by atoms with E-state index in [0.29, 0.717) is 0 Å². The van der Waals surface area contributed by atoms with E-state index in [4.69, 9.17) is 0 Å². The molecule has 23 heavy (non-hydrogen) atoms. The van der Waals surface area contributed by atoms with Gasteiger partial charge in [0.05, 0.1) is 10.7 Å². The summed E-state index contributed by atoms with van der Waals surface area (Å²) in [6.07, 6.45) is 4.36. The standard InChI is InChI=1S/C16H23N5OS/c1-3-15(21-6-4-5-17-21)16(22)20-9-7-19(8-10-20)11-14-12-23-13(2)18-14/h4-6,12,15H,3,7-11H2,1-2H3/t15-/m1/s1. The Balaban J connectivity index is 1.54. The molecule has 1 aliphatic rings. The summed E-state index contributed by atoms with van der Waals surface area (Å²) in [6.45, 7) is 8.30. The summed E-state index contributed by atoms with van der Waals surface area (Å²) in [5.41, 5.74) is 1.13. The number of nitrogens with zero attached hydrogens (tertiary/aromatic N) is 5. The first-order valence-corrected chi connectivity index (χ1v) is 8.96. The van der Waals surface area contributed by atoms with Crippen molar-refractivity contribution in [3.8, 4) is 0 Å². The first-order valence-electron chi connectivity index (χ1n) is 8.08. The Kier molecular flexibility index (Phi) is 5.07. The molecule has 7 heteroatoms. The number of thiazole rings is 1. The Morgan fingerprint density at radius 2 is 2.13 bits per heavy atom. The van der Waals surface area contributed by atoms with Crippen LogP contribution in [-0.4, -0.2) is 56.7 Å². The van der Waals surface area contributed by atoms with Crippen molar-refractivity contribution in [2.75, 3.05) is 26.2 Å². The second-order valence-corrected chi connectivity index (χ2v) is 6.93. The number of aromatic nitrogens is 3. The van der Waals surface area contributed by atoms with Gasteiger partial charge >= 0.3 is 0 Å². The zero-order chi connectivity index (χ0) is 16.2. The SMILES string of the molecule is CC[C@H](C(=O)N1CCN(Cc2csc(C)n2)CC1)n1cccn1. The number of piperazine rings is 1. The molecular formula is C16H23N5OS. The Morgan fingerprint density at radius 3 is 2.70 bits per heavy atom. The smallest absolute Gasteiger partial charge is 0.247 e. The highest BCUT2D eigenvalue weighted by molar-refractivity contribution is 7.09. The molecule has 0 unspecified atom stereocenters. The van der Waals surface area contributed by atoms with Gasteiger partial charge in [-0.25, -0.2) is 4.98 Å². The monoisotopic (exact) mass is 333 g/mol. The molecule has 3 heterocycles. The predicted molar refractivity (Wildman–Crippen MR) is 90.3 cm³/mol. The van der Waals surface area contributed by atoms with Crippen molar-refractivity contribution in [1.29, 1.82) is 0 Å². The van der Waals surface area contributed by atoms with Gasteiger partial charge in [-0.05, 0) is 19.4 Å². The average molecular weight is 333 g/mol. The lowest BCUT2D eigenvalue weighted by molar-refractivity contribution is -0.137. The number of hydrogen-bond donors (Lipinski definition) is 0. The molecule has 6 nitrogen and oxygen atoms in total. The van der Waals surface area contributed by atoms with Gasteiger partial charge in [-0.2, -0.15) is 5.10 Å². The molecule has 1 saturated heterocycles. The largest absolute Gasteiger partial charge is 0.338 e. The number of aryl methyl sites for hydroxylation is 1. The minimum Gasteiger partial charge on any atom is -0.338 e. The maximum absolute atomic E-state index is 12.7. The minimum absolute atomic E-state index is 0.181. The fourth-order valence-electron chi connectivity index (χ4n) is 2.99. The maximum Gasteiger partial charge on any atom is 0.247 e. The Hall–Kier alpha value is -1.73. The fraction of sp³-hybridized carbons (Fsp3) is 0.562. The van der Waals surface area contributed by atoms with Crippen LogP contribution in [0.2, 0.25) is 0 Å². The first-order chi connectivity index (χ1) is 11.2. The summed E-state index contributed by atoms with van der Waals surface area (Å²) in [6, 6.07) is 1.68. The van der Waals surface area contributed by atoms with Crippen LogP contribution in [0.25, 0.3) is 0 Å². The van der Waals surface area contributed by atoms with Gasteiger partial charge in [0.25, 0.3) is 0 Å². The van der Waals surface area contributed by atoms with Gasteiger partial charge in [0.15, 0.2) is 0 Å². The van der Waals surface area contributed by atoms with Gasteiger partial charge in [0.2, 0.25) is 5.91 Å². The van der Waals surface area contributed by atoms with E-state index in [1.54, 1.807) is 22.2 Å². The van der Waals surface area contributed by atoms with E-state index in [9.17, 15) is 4.79 Å². The number of amides is 1. The van der Waals surface area contributed by atoms with E-state index >= 15 is 0 Å². The van der Waals surface area contributed by atoms with E-state index in [1.165, 1.54) is 0 Å². The van der Waals surface area contributed by atoms with E-state index in [0.717, 1.165) is 49.8 Å². The van der Waals surface area contributed by atoms with Gasteiger partial charge in [-0.15, -0.1) is 11.3 Å². The molecular weight excluding hydrogens is 310 g/mol. The van der Waals surface area contributed by atoms with Crippen molar-refractivity contribution in [3.05, 3.63) is 34.5 Å². The van der Waals surface area contributed by atoms with Crippen molar-refractivity contribution in [3.63, 3.8) is 0 Å². The summed E-state index contributed by atoms with van der Waals surface area (Å²) in [5.74, 6) is 0.181. The first kappa shape index (κ1) is 16.1. The molecule has 0 saturated carbocycles. The zero-order valence-electron chi connectivity index (χ0n) is 13.7. The highest BCUT2D eigenvalue weighted by Gasteiger charge is 2.27. The van der Waals surface area contributed by atoms with Crippen molar-refractivity contribution in [2.24, 2.45) is 0 Å². The van der Waals surface area contributed by atoms with Crippen LogP contribution in [0.5, 0.6) is 0 Å². The van der Waals surface area contributed by atoms with Crippen LogP contribution in [0.4, 0.5) is 0 Å². The minimum atomic E-state index is -0.183. The third kappa shape index (κ3) is 3.79. The topological polar surface area (TPSA) is 54.3 Å². The van der Waals surface area contributed by atoms with Gasteiger partial charge in [0.1, 0.15) is 6.04 Å². The summed E-state index contributed by atoms with van der Waals surface area (Å²) in [7, 11) is 0. The van der Waals surface area contributed by atoms with Crippen molar-refractivity contribution < 1.29 is 4.79 Å². The summed E-state index contributed by atoms with van der Waals surface area (Å²) in [5, 5.41) is 7.46. The lowest BCUT2D eigenvalue weighted by Gasteiger charge is -2.36. The lowest BCUT2D eigenvalue weighted by atomic mass is 10.1. The summed E-state index contributed by atoms with van der Waals surface area (Å²) >= 11 is 1.69. The fourth-order valence-corrected chi connectivity index (χ4v) is 3.59. The molecule has 0 aliphatic carbocycles. The predicted octanol–water partition coefficient (Wildman–Crippen LogP) is 1.94. The van der Waals surface area contributed by atoms with Gasteiger partial charge < -0.3 is 4.90 Å². The van der Waals surface area contributed by atoms with E-state index in [1.807, 2.05) is 31.0 Å². The third-order valence-electron chi connectivity index (χ3n) is 4.25. The lowest BCUT2D eigenvalue weighted by Crippen LogP contribution is -2.50. The molecule has 1 amide bonds. The molecule has 2 aromatic heterocycles. The number of hydrogen-bond acceptors (Lipinski definition) is 5. The van der Waals surface area contributed by atoms with Crippen LogP contribution >= 0.6 is 11.3 Å². The highest BCUT2D eigenvalue weighted by atomic mass is 32.1. The second kappa shape index (κ2) is 7.23. The van der Waals surface area contributed by atoms with E-state index in [2.05, 4.69) is 20.4 Å². The van der Waals surface area contributed by atoms with Crippen molar-refractivity contribution in [2.45, 2.75) is 32.9 Å². The van der Waals surface area contributed by atoms with Crippen LogP contribution in [0.15, 0.2) is 23.8 Å². The van der Waals surface area contributed by atoms with E-state index in [-0.39, 0.29) is 11.9 Å². The van der Waals surface area contributed by atoms with Gasteiger partial charge in [-0.1, -0.05) is 6.92 Å². The molecule has 2 aromatic rings. The molecule has 0 aromatic carbocycles. The van der Waals surface area contributed by atoms with Crippen LogP contribution in [0, 0.1) is 6.92 Å². The van der Waals surface area contributed by atoms with Crippen LogP contribution in [-0.2, 0) is 11.3 Å². The quantitative estimate of drug-likeness (QED) is 0.839. The molecule has 124 valence electrons. The molecule has 1 fully saturated rings. The molecule has 0 radical (unpaired) electrons. The normalized spacial score (nSPS) is 17.4. The Labute approximate surface area is 140 Å². The zero-order valence-corrected chi connectivity index (χ0v) is 14.5. The van der Waals surface area contributed by atoms with Crippen molar-refractivity contribution in [1.82, 2.24) is 24.6 Å².